The lowest BCUT2D eigenvalue weighted by Gasteiger charge is -2.07. The molecule has 0 aliphatic carbocycles. The highest BCUT2D eigenvalue weighted by atomic mass is 16.5. The molecule has 27 heavy (non-hydrogen) atoms. The van der Waals surface area contributed by atoms with Crippen molar-refractivity contribution in [2.45, 2.75) is 20.4 Å². The molecule has 8 heteroatoms. The van der Waals surface area contributed by atoms with Crippen LogP contribution in [0.5, 0.6) is 5.75 Å². The highest BCUT2D eigenvalue weighted by Crippen LogP contribution is 2.29. The van der Waals surface area contributed by atoms with Crippen LogP contribution in [0.3, 0.4) is 0 Å². The number of methoxy groups -OCH3 is 1. The molecule has 1 aromatic carbocycles. The highest BCUT2D eigenvalue weighted by molar-refractivity contribution is 6.00. The number of nitrogen functional groups attached to an aromatic ring is 1. The maximum atomic E-state index is 12.5. The van der Waals surface area contributed by atoms with Crippen molar-refractivity contribution in [3.63, 3.8) is 0 Å². The number of allylic oxidation sites excluding steroid dienone is 2. The number of anilines is 1. The first-order chi connectivity index (χ1) is 13.0. The minimum Gasteiger partial charge on any atom is -0.497 e. The third kappa shape index (κ3) is 4.22. The van der Waals surface area contributed by atoms with E-state index in [1.165, 1.54) is 17.1 Å². The maximum Gasteiger partial charge on any atom is 0.344 e. The zero-order valence-electron chi connectivity index (χ0n) is 15.7. The number of carbonyl (C=O) groups is 1. The van der Waals surface area contributed by atoms with Crippen LogP contribution in [0.2, 0.25) is 0 Å². The molecule has 0 aliphatic heterocycles. The molecule has 0 bridgehead atoms. The summed E-state index contributed by atoms with van der Waals surface area (Å²) in [6.45, 7) is 4.08. The minimum absolute atomic E-state index is 0.170. The third-order valence-corrected chi connectivity index (χ3v) is 4.06. The first kappa shape index (κ1) is 19.9. The number of hydrogen-bond acceptors (Lipinski definition) is 7. The fraction of sp³-hybridized carbons (Fsp3) is 0.263. The Balaban J connectivity index is 2.52. The fourth-order valence-corrected chi connectivity index (χ4v) is 2.58. The average Bonchev–Trinajstić information content (AvgIpc) is 2.99. The molecule has 6 N–H and O–H groups in total. The summed E-state index contributed by atoms with van der Waals surface area (Å²) in [4.78, 5) is 12.5. The molecule has 0 fully saturated rings. The Morgan fingerprint density at radius 1 is 1.22 bits per heavy atom. The largest absolute Gasteiger partial charge is 0.497 e. The van der Waals surface area contributed by atoms with E-state index in [4.69, 9.17) is 26.7 Å². The van der Waals surface area contributed by atoms with Crippen LogP contribution in [0.25, 0.3) is 5.57 Å². The molecule has 1 aromatic heterocycles. The van der Waals surface area contributed by atoms with Crippen molar-refractivity contribution in [2.24, 2.45) is 11.5 Å². The maximum absolute atomic E-state index is 12.5. The fourth-order valence-electron chi connectivity index (χ4n) is 2.58. The van der Waals surface area contributed by atoms with Gasteiger partial charge < -0.3 is 26.7 Å². The zero-order chi connectivity index (χ0) is 20.0. The lowest BCUT2D eigenvalue weighted by Crippen LogP contribution is -2.11. The summed E-state index contributed by atoms with van der Waals surface area (Å²) in [6.07, 6.45) is 2.74. The van der Waals surface area contributed by atoms with Gasteiger partial charge in [0.05, 0.1) is 20.3 Å². The van der Waals surface area contributed by atoms with E-state index >= 15 is 0 Å². The van der Waals surface area contributed by atoms with Gasteiger partial charge >= 0.3 is 5.97 Å². The van der Waals surface area contributed by atoms with Gasteiger partial charge in [0.15, 0.2) is 0 Å². The number of rotatable bonds is 7. The van der Waals surface area contributed by atoms with Crippen LogP contribution in [-0.2, 0) is 11.3 Å². The van der Waals surface area contributed by atoms with E-state index in [0.717, 1.165) is 11.3 Å². The minimum atomic E-state index is -0.560. The van der Waals surface area contributed by atoms with E-state index in [0.29, 0.717) is 23.4 Å². The third-order valence-electron chi connectivity index (χ3n) is 4.06. The summed E-state index contributed by atoms with van der Waals surface area (Å²) >= 11 is 0. The quantitative estimate of drug-likeness (QED) is 0.500. The van der Waals surface area contributed by atoms with E-state index < -0.39 is 5.97 Å². The predicted octanol–water partition coefficient (Wildman–Crippen LogP) is 1.86. The molecule has 0 atom stereocenters. The smallest absolute Gasteiger partial charge is 0.344 e. The lowest BCUT2D eigenvalue weighted by atomic mass is 10.0. The van der Waals surface area contributed by atoms with Crippen molar-refractivity contribution in [3.05, 3.63) is 59.1 Å². The predicted molar refractivity (Wildman–Crippen MR) is 105 cm³/mol. The van der Waals surface area contributed by atoms with Crippen molar-refractivity contribution in [1.29, 1.82) is 0 Å². The second kappa shape index (κ2) is 8.79. The van der Waals surface area contributed by atoms with Crippen molar-refractivity contribution < 1.29 is 14.3 Å². The number of aromatic nitrogens is 2. The van der Waals surface area contributed by atoms with Crippen LogP contribution < -0.4 is 21.9 Å². The van der Waals surface area contributed by atoms with Crippen LogP contribution in [-0.4, -0.2) is 29.5 Å². The highest BCUT2D eigenvalue weighted by Gasteiger charge is 2.26. The Kier molecular flexibility index (Phi) is 6.48. The first-order valence-corrected chi connectivity index (χ1v) is 8.44. The summed E-state index contributed by atoms with van der Waals surface area (Å²) in [5.74, 6) is 0.385. The van der Waals surface area contributed by atoms with Crippen LogP contribution >= 0.6 is 0 Å². The summed E-state index contributed by atoms with van der Waals surface area (Å²) in [5, 5.41) is 4.51. The lowest BCUT2D eigenvalue weighted by molar-refractivity contribution is 0.0527. The van der Waals surface area contributed by atoms with Gasteiger partial charge in [0, 0.05) is 11.8 Å². The molecule has 0 saturated carbocycles. The summed E-state index contributed by atoms with van der Waals surface area (Å²) in [5.41, 5.74) is 20.2. The van der Waals surface area contributed by atoms with E-state index in [9.17, 15) is 4.79 Å². The number of hydrogen-bond donors (Lipinski definition) is 3. The molecular formula is C19H25N5O3. The Hall–Kier alpha value is -3.42. The van der Waals surface area contributed by atoms with E-state index in [1.54, 1.807) is 21.0 Å². The number of ether oxygens (including phenoxy) is 2. The Bertz CT molecular complexity index is 866. The van der Waals surface area contributed by atoms with Crippen molar-refractivity contribution in [1.82, 2.24) is 9.78 Å². The van der Waals surface area contributed by atoms with Gasteiger partial charge in [-0.2, -0.15) is 5.10 Å². The number of nitrogens with zero attached hydrogens (tertiary/aromatic N) is 2. The van der Waals surface area contributed by atoms with Gasteiger partial charge in [0.1, 0.15) is 22.8 Å². The van der Waals surface area contributed by atoms with Gasteiger partial charge in [-0.1, -0.05) is 12.1 Å². The van der Waals surface area contributed by atoms with Crippen molar-refractivity contribution in [2.75, 3.05) is 19.5 Å². The standard InChI is InChI=1S/C19H25N5O3/c1-4-27-19(25)16-17(15(10-21)12(2)9-20)23-24(18(16)22)11-13-5-7-14(26-3)8-6-13/h5-10H,4,11,20-22H2,1-3H3/b12-9-,15-10+. The molecule has 0 spiro atoms. The van der Waals surface area contributed by atoms with Gasteiger partial charge in [-0.25, -0.2) is 9.48 Å². The van der Waals surface area contributed by atoms with Crippen LogP contribution in [0.15, 0.2) is 42.2 Å². The van der Waals surface area contributed by atoms with Gasteiger partial charge in [0.25, 0.3) is 0 Å². The Morgan fingerprint density at radius 3 is 2.41 bits per heavy atom. The number of esters is 1. The first-order valence-electron chi connectivity index (χ1n) is 8.44. The zero-order valence-corrected chi connectivity index (χ0v) is 15.7. The molecular weight excluding hydrogens is 346 g/mol. The normalized spacial score (nSPS) is 12.1. The van der Waals surface area contributed by atoms with E-state index in [-0.39, 0.29) is 18.0 Å². The number of benzene rings is 1. The topological polar surface area (TPSA) is 131 Å². The SMILES string of the molecule is CCOC(=O)c1c(C(=C/N)/C(C)=C\N)nn(Cc2ccc(OC)cc2)c1N. The van der Waals surface area contributed by atoms with Gasteiger partial charge in [-0.05, 0) is 43.3 Å². The van der Waals surface area contributed by atoms with Gasteiger partial charge in [-0.3, -0.25) is 0 Å². The second-order valence-corrected chi connectivity index (χ2v) is 5.77. The average molecular weight is 371 g/mol. The number of nitrogens with two attached hydrogens (primary N) is 3. The van der Waals surface area contributed by atoms with Crippen molar-refractivity contribution in [3.8, 4) is 5.75 Å². The Labute approximate surface area is 158 Å². The molecule has 0 aliphatic rings. The molecule has 0 amide bonds. The van der Waals surface area contributed by atoms with Crippen LogP contribution in [0.1, 0.15) is 35.5 Å². The molecule has 0 unspecified atom stereocenters. The van der Waals surface area contributed by atoms with E-state index in [1.807, 2.05) is 24.3 Å². The molecule has 2 rings (SSSR count). The van der Waals surface area contributed by atoms with Gasteiger partial charge in [-0.15, -0.1) is 0 Å². The van der Waals surface area contributed by atoms with Crippen LogP contribution in [0.4, 0.5) is 5.82 Å². The molecule has 0 saturated heterocycles. The van der Waals surface area contributed by atoms with Crippen LogP contribution in [0, 0.1) is 0 Å². The number of carbonyl (C=O) groups excluding carboxylic acids is 1. The second-order valence-electron chi connectivity index (χ2n) is 5.77. The molecule has 2 aromatic rings. The summed E-state index contributed by atoms with van der Waals surface area (Å²) < 4.78 is 11.8. The Morgan fingerprint density at radius 2 is 1.89 bits per heavy atom. The molecule has 8 nitrogen and oxygen atoms in total. The molecule has 0 radical (unpaired) electrons. The summed E-state index contributed by atoms with van der Waals surface area (Å²) in [6, 6.07) is 7.48. The summed E-state index contributed by atoms with van der Waals surface area (Å²) in [7, 11) is 1.60. The van der Waals surface area contributed by atoms with Gasteiger partial charge in [0.2, 0.25) is 0 Å². The van der Waals surface area contributed by atoms with Crippen molar-refractivity contribution >= 4 is 17.4 Å². The molecule has 1 heterocycles. The molecule has 144 valence electrons. The monoisotopic (exact) mass is 371 g/mol. The van der Waals surface area contributed by atoms with E-state index in [2.05, 4.69) is 5.10 Å².